The van der Waals surface area contributed by atoms with Crippen molar-refractivity contribution < 1.29 is 0 Å². The molecule has 0 aliphatic rings. The number of thioether (sulfide) groups is 1. The molecule has 2 aromatic carbocycles. The van der Waals surface area contributed by atoms with Gasteiger partial charge in [0.25, 0.3) is 0 Å². The normalized spacial score (nSPS) is 10.7. The van der Waals surface area contributed by atoms with Crippen LogP contribution in [0.3, 0.4) is 0 Å². The van der Waals surface area contributed by atoms with E-state index in [-0.39, 0.29) is 0 Å². The van der Waals surface area contributed by atoms with Crippen LogP contribution in [0, 0.1) is 6.92 Å². The van der Waals surface area contributed by atoms with Crippen molar-refractivity contribution in [2.24, 2.45) is 0 Å². The van der Waals surface area contributed by atoms with Crippen molar-refractivity contribution >= 4 is 11.8 Å². The number of aromatic nitrogens is 3. The van der Waals surface area contributed by atoms with Crippen LogP contribution in [0.4, 0.5) is 0 Å². The van der Waals surface area contributed by atoms with Crippen molar-refractivity contribution in [1.82, 2.24) is 14.8 Å². The minimum atomic E-state index is 0.895. The molecule has 0 saturated heterocycles. The number of nitrogens with zero attached hydrogens (tertiary/aromatic N) is 3. The third kappa shape index (κ3) is 2.75. The molecule has 0 amide bonds. The summed E-state index contributed by atoms with van der Waals surface area (Å²) in [4.78, 5) is 0. The molecule has 0 aliphatic heterocycles. The lowest BCUT2D eigenvalue weighted by atomic mass is 10.2. The average molecular weight is 281 g/mol. The van der Waals surface area contributed by atoms with Gasteiger partial charge in [0.05, 0.1) is 0 Å². The van der Waals surface area contributed by atoms with E-state index < -0.39 is 0 Å². The van der Waals surface area contributed by atoms with E-state index in [1.165, 1.54) is 5.56 Å². The predicted octanol–water partition coefficient (Wildman–Crippen LogP) is 3.87. The molecular formula is C16H15N3S. The first-order chi connectivity index (χ1) is 9.84. The molecule has 3 aromatic rings. The zero-order valence-corrected chi connectivity index (χ0v) is 12.0. The second-order valence-corrected chi connectivity index (χ2v) is 5.42. The standard InChI is InChI=1S/C16H15N3S/c1-13-17-18-16(19(13)15-10-6-3-7-11-15)20-12-14-8-4-2-5-9-14/h2-11H,12H2,1H3. The van der Waals surface area contributed by atoms with Gasteiger partial charge in [0.2, 0.25) is 0 Å². The van der Waals surface area contributed by atoms with Crippen molar-refractivity contribution in [3.05, 3.63) is 72.1 Å². The lowest BCUT2D eigenvalue weighted by molar-refractivity contribution is 0.868. The van der Waals surface area contributed by atoms with Gasteiger partial charge in [0, 0.05) is 11.4 Å². The van der Waals surface area contributed by atoms with Gasteiger partial charge in [-0.2, -0.15) is 0 Å². The van der Waals surface area contributed by atoms with E-state index in [2.05, 4.69) is 51.2 Å². The molecule has 0 bridgehead atoms. The highest BCUT2D eigenvalue weighted by Gasteiger charge is 2.10. The monoisotopic (exact) mass is 281 g/mol. The molecular weight excluding hydrogens is 266 g/mol. The molecule has 20 heavy (non-hydrogen) atoms. The van der Waals surface area contributed by atoms with Crippen molar-refractivity contribution in [3.8, 4) is 5.69 Å². The van der Waals surface area contributed by atoms with Crippen LogP contribution in [-0.4, -0.2) is 14.8 Å². The third-order valence-corrected chi connectivity index (χ3v) is 4.02. The highest BCUT2D eigenvalue weighted by Crippen LogP contribution is 2.24. The highest BCUT2D eigenvalue weighted by molar-refractivity contribution is 7.98. The predicted molar refractivity (Wildman–Crippen MR) is 82.1 cm³/mol. The van der Waals surface area contributed by atoms with Gasteiger partial charge >= 0.3 is 0 Å². The van der Waals surface area contributed by atoms with Crippen LogP contribution in [0.1, 0.15) is 11.4 Å². The van der Waals surface area contributed by atoms with Crippen molar-refractivity contribution in [2.45, 2.75) is 17.8 Å². The first-order valence-electron chi connectivity index (χ1n) is 6.49. The molecule has 0 aliphatic carbocycles. The zero-order valence-electron chi connectivity index (χ0n) is 11.2. The summed E-state index contributed by atoms with van der Waals surface area (Å²) in [6, 6.07) is 20.6. The summed E-state index contributed by atoms with van der Waals surface area (Å²) >= 11 is 1.71. The maximum absolute atomic E-state index is 4.28. The van der Waals surface area contributed by atoms with Crippen LogP contribution in [-0.2, 0) is 5.75 Å². The molecule has 0 radical (unpaired) electrons. The minimum absolute atomic E-state index is 0.895. The van der Waals surface area contributed by atoms with Gasteiger partial charge in [-0.3, -0.25) is 4.57 Å². The Bertz CT molecular complexity index is 677. The van der Waals surface area contributed by atoms with E-state index in [4.69, 9.17) is 0 Å². The number of para-hydroxylation sites is 1. The molecule has 0 unspecified atom stereocenters. The first kappa shape index (κ1) is 12.9. The van der Waals surface area contributed by atoms with Crippen LogP contribution in [0.5, 0.6) is 0 Å². The molecule has 0 atom stereocenters. The van der Waals surface area contributed by atoms with Crippen LogP contribution in [0.2, 0.25) is 0 Å². The van der Waals surface area contributed by atoms with E-state index in [9.17, 15) is 0 Å². The van der Waals surface area contributed by atoms with Crippen LogP contribution in [0.25, 0.3) is 5.69 Å². The average Bonchev–Trinajstić information content (AvgIpc) is 2.88. The molecule has 0 spiro atoms. The van der Waals surface area contributed by atoms with Crippen LogP contribution < -0.4 is 0 Å². The van der Waals surface area contributed by atoms with Crippen molar-refractivity contribution in [2.75, 3.05) is 0 Å². The topological polar surface area (TPSA) is 30.7 Å². The van der Waals surface area contributed by atoms with E-state index in [0.29, 0.717) is 0 Å². The summed E-state index contributed by atoms with van der Waals surface area (Å²) in [5.41, 5.74) is 2.39. The quantitative estimate of drug-likeness (QED) is 0.680. The molecule has 0 fully saturated rings. The van der Waals surface area contributed by atoms with Gasteiger partial charge in [-0.05, 0) is 24.6 Å². The maximum Gasteiger partial charge on any atom is 0.196 e. The van der Waals surface area contributed by atoms with Gasteiger partial charge in [-0.25, -0.2) is 0 Å². The molecule has 3 nitrogen and oxygen atoms in total. The van der Waals surface area contributed by atoms with E-state index in [0.717, 1.165) is 22.4 Å². The second kappa shape index (κ2) is 5.92. The Labute approximate surface area is 122 Å². The lowest BCUT2D eigenvalue weighted by Crippen LogP contribution is -1.98. The Morgan fingerprint density at radius 3 is 2.25 bits per heavy atom. The van der Waals surface area contributed by atoms with Gasteiger partial charge in [-0.15, -0.1) is 10.2 Å². The van der Waals surface area contributed by atoms with E-state index >= 15 is 0 Å². The molecule has 100 valence electrons. The first-order valence-corrected chi connectivity index (χ1v) is 7.47. The maximum atomic E-state index is 4.28. The van der Waals surface area contributed by atoms with Gasteiger partial charge in [0.1, 0.15) is 5.82 Å². The number of aryl methyl sites for hydroxylation is 1. The fraction of sp³-hybridized carbons (Fsp3) is 0.125. The van der Waals surface area contributed by atoms with Gasteiger partial charge in [0.15, 0.2) is 5.16 Å². The van der Waals surface area contributed by atoms with Crippen LogP contribution >= 0.6 is 11.8 Å². The highest BCUT2D eigenvalue weighted by atomic mass is 32.2. The number of benzene rings is 2. The van der Waals surface area contributed by atoms with Gasteiger partial charge < -0.3 is 0 Å². The summed E-state index contributed by atoms with van der Waals surface area (Å²) in [6.45, 7) is 1.98. The largest absolute Gasteiger partial charge is 0.274 e. The minimum Gasteiger partial charge on any atom is -0.274 e. The van der Waals surface area contributed by atoms with Gasteiger partial charge in [-0.1, -0.05) is 60.3 Å². The van der Waals surface area contributed by atoms with E-state index in [1.54, 1.807) is 11.8 Å². The number of hydrogen-bond acceptors (Lipinski definition) is 3. The Morgan fingerprint density at radius 1 is 0.900 bits per heavy atom. The molecule has 0 saturated carbocycles. The Kier molecular flexibility index (Phi) is 3.83. The van der Waals surface area contributed by atoms with Crippen molar-refractivity contribution in [1.29, 1.82) is 0 Å². The smallest absolute Gasteiger partial charge is 0.196 e. The summed E-state index contributed by atoms with van der Waals surface area (Å²) in [7, 11) is 0. The Hall–Kier alpha value is -2.07. The summed E-state index contributed by atoms with van der Waals surface area (Å²) in [5.74, 6) is 1.80. The summed E-state index contributed by atoms with van der Waals surface area (Å²) in [5, 5.41) is 9.41. The molecule has 1 aromatic heterocycles. The summed E-state index contributed by atoms with van der Waals surface area (Å²) < 4.78 is 2.09. The molecule has 0 N–H and O–H groups in total. The Morgan fingerprint density at radius 2 is 1.55 bits per heavy atom. The summed E-state index contributed by atoms with van der Waals surface area (Å²) in [6.07, 6.45) is 0. The third-order valence-electron chi connectivity index (χ3n) is 3.02. The lowest BCUT2D eigenvalue weighted by Gasteiger charge is -2.08. The number of hydrogen-bond donors (Lipinski definition) is 0. The van der Waals surface area contributed by atoms with Crippen LogP contribution in [0.15, 0.2) is 65.8 Å². The second-order valence-electron chi connectivity index (χ2n) is 4.48. The van der Waals surface area contributed by atoms with Crippen molar-refractivity contribution in [3.63, 3.8) is 0 Å². The molecule has 4 heteroatoms. The fourth-order valence-corrected chi connectivity index (χ4v) is 2.99. The Balaban J connectivity index is 1.85. The SMILES string of the molecule is Cc1nnc(SCc2ccccc2)n1-c1ccccc1. The fourth-order valence-electron chi connectivity index (χ4n) is 2.03. The number of rotatable bonds is 4. The molecule has 3 rings (SSSR count). The van der Waals surface area contributed by atoms with E-state index in [1.807, 2.05) is 31.2 Å². The molecule has 1 heterocycles. The zero-order chi connectivity index (χ0) is 13.8.